The van der Waals surface area contributed by atoms with Gasteiger partial charge in [0, 0.05) is 26.2 Å². The zero-order valence-electron chi connectivity index (χ0n) is 18.8. The molecule has 3 aromatic carbocycles. The highest BCUT2D eigenvalue weighted by Crippen LogP contribution is 2.33. The molecule has 0 N–H and O–H groups in total. The molecule has 1 fully saturated rings. The zero-order valence-corrected chi connectivity index (χ0v) is 19.6. The van der Waals surface area contributed by atoms with Gasteiger partial charge in [0.15, 0.2) is 5.75 Å². The number of amides is 1. The van der Waals surface area contributed by atoms with Crippen LogP contribution in [-0.2, 0) is 14.8 Å². The van der Waals surface area contributed by atoms with Gasteiger partial charge in [-0.25, -0.2) is 12.8 Å². The monoisotopic (exact) mass is 483 g/mol. The van der Waals surface area contributed by atoms with E-state index in [1.165, 1.54) is 6.07 Å². The maximum atomic E-state index is 14.1. The fourth-order valence-electron chi connectivity index (χ4n) is 3.87. The minimum Gasteiger partial charge on any atom is -0.455 e. The lowest BCUT2D eigenvalue weighted by atomic mass is 10.2. The number of para-hydroxylation sites is 4. The number of ether oxygens (including phenoxy) is 1. The van der Waals surface area contributed by atoms with Gasteiger partial charge in [-0.1, -0.05) is 42.5 Å². The van der Waals surface area contributed by atoms with Gasteiger partial charge in [-0.15, -0.1) is 0 Å². The molecular weight excluding hydrogens is 457 g/mol. The minimum atomic E-state index is -3.78. The number of sulfonamides is 1. The van der Waals surface area contributed by atoms with Crippen LogP contribution in [0.25, 0.3) is 0 Å². The lowest BCUT2D eigenvalue weighted by Gasteiger charge is -2.37. The molecule has 0 spiro atoms. The Morgan fingerprint density at radius 1 is 0.912 bits per heavy atom. The second-order valence-corrected chi connectivity index (χ2v) is 9.88. The number of piperazine rings is 1. The van der Waals surface area contributed by atoms with E-state index in [0.29, 0.717) is 43.4 Å². The molecule has 7 nitrogen and oxygen atoms in total. The van der Waals surface area contributed by atoms with Crippen LogP contribution in [0, 0.1) is 5.82 Å². The largest absolute Gasteiger partial charge is 0.455 e. The number of benzene rings is 3. The van der Waals surface area contributed by atoms with Gasteiger partial charge < -0.3 is 14.5 Å². The molecule has 1 heterocycles. The Labute approximate surface area is 199 Å². The summed E-state index contributed by atoms with van der Waals surface area (Å²) in [5.74, 6) is 0.254. The van der Waals surface area contributed by atoms with Crippen LogP contribution >= 0.6 is 0 Å². The van der Waals surface area contributed by atoms with Crippen molar-refractivity contribution in [3.8, 4) is 11.5 Å². The van der Waals surface area contributed by atoms with E-state index < -0.39 is 10.0 Å². The van der Waals surface area contributed by atoms with E-state index in [1.807, 2.05) is 23.1 Å². The third kappa shape index (κ3) is 5.48. The van der Waals surface area contributed by atoms with Gasteiger partial charge in [0.2, 0.25) is 15.9 Å². The maximum Gasteiger partial charge on any atom is 0.243 e. The van der Waals surface area contributed by atoms with E-state index in [4.69, 9.17) is 4.74 Å². The third-order valence-corrected chi connectivity index (χ3v) is 6.74. The molecule has 0 unspecified atom stereocenters. The van der Waals surface area contributed by atoms with Crippen LogP contribution < -0.4 is 13.9 Å². The summed E-state index contributed by atoms with van der Waals surface area (Å²) in [6.45, 7) is 1.30. The van der Waals surface area contributed by atoms with Crippen molar-refractivity contribution in [2.75, 3.05) is 48.2 Å². The molecule has 1 amide bonds. The summed E-state index contributed by atoms with van der Waals surface area (Å²) in [7, 11) is -3.78. The van der Waals surface area contributed by atoms with Crippen molar-refractivity contribution in [1.29, 1.82) is 0 Å². The van der Waals surface area contributed by atoms with Gasteiger partial charge in [-0.2, -0.15) is 0 Å². The first-order chi connectivity index (χ1) is 16.3. The van der Waals surface area contributed by atoms with Crippen LogP contribution in [0.5, 0.6) is 11.5 Å². The minimum absolute atomic E-state index is 0.284. The second-order valence-electron chi connectivity index (χ2n) is 7.97. The molecule has 9 heteroatoms. The summed E-state index contributed by atoms with van der Waals surface area (Å²) in [4.78, 5) is 16.6. The fraction of sp³-hybridized carbons (Fsp3) is 0.240. The average molecular weight is 484 g/mol. The van der Waals surface area contributed by atoms with Crippen LogP contribution in [0.2, 0.25) is 0 Å². The van der Waals surface area contributed by atoms with E-state index in [0.717, 1.165) is 10.6 Å². The Morgan fingerprint density at radius 2 is 1.53 bits per heavy atom. The molecule has 0 radical (unpaired) electrons. The molecular formula is C25H26FN3O4S. The highest BCUT2D eigenvalue weighted by Gasteiger charge is 2.29. The normalized spacial score (nSPS) is 14.1. The molecule has 0 saturated carbocycles. The smallest absolute Gasteiger partial charge is 0.243 e. The number of hydrogen-bond acceptors (Lipinski definition) is 5. The van der Waals surface area contributed by atoms with Crippen LogP contribution in [0.1, 0.15) is 0 Å². The SMILES string of the molecule is CS(=O)(=O)N(CC(=O)N1CCN(c2ccccc2F)CC1)c1ccccc1Oc1ccccc1. The fourth-order valence-corrected chi connectivity index (χ4v) is 4.73. The Morgan fingerprint density at radius 3 is 2.21 bits per heavy atom. The van der Waals surface area contributed by atoms with Crippen molar-refractivity contribution in [1.82, 2.24) is 4.90 Å². The van der Waals surface area contributed by atoms with Crippen molar-refractivity contribution in [2.45, 2.75) is 0 Å². The van der Waals surface area contributed by atoms with Gasteiger partial charge in [0.25, 0.3) is 0 Å². The molecule has 1 aliphatic rings. The van der Waals surface area contributed by atoms with Crippen molar-refractivity contribution in [3.63, 3.8) is 0 Å². The first-order valence-electron chi connectivity index (χ1n) is 10.9. The molecule has 1 aliphatic heterocycles. The second kappa shape index (κ2) is 10.1. The third-order valence-electron chi connectivity index (χ3n) is 5.61. The molecule has 1 saturated heterocycles. The predicted octanol–water partition coefficient (Wildman–Crippen LogP) is 3.73. The van der Waals surface area contributed by atoms with Gasteiger partial charge in [0.1, 0.15) is 18.1 Å². The molecule has 0 aliphatic carbocycles. The number of carbonyl (C=O) groups excluding carboxylic acids is 1. The maximum absolute atomic E-state index is 14.1. The summed E-state index contributed by atoms with van der Waals surface area (Å²) < 4.78 is 46.4. The molecule has 34 heavy (non-hydrogen) atoms. The zero-order chi connectivity index (χ0) is 24.1. The van der Waals surface area contributed by atoms with Crippen molar-refractivity contribution in [2.24, 2.45) is 0 Å². The highest BCUT2D eigenvalue weighted by atomic mass is 32.2. The number of anilines is 2. The van der Waals surface area contributed by atoms with Crippen molar-refractivity contribution >= 4 is 27.3 Å². The number of nitrogens with zero attached hydrogens (tertiary/aromatic N) is 3. The Bertz CT molecular complexity index is 1250. The highest BCUT2D eigenvalue weighted by molar-refractivity contribution is 7.92. The molecule has 4 rings (SSSR count). The van der Waals surface area contributed by atoms with Gasteiger partial charge in [0.05, 0.1) is 17.6 Å². The molecule has 3 aromatic rings. The molecule has 0 atom stereocenters. The quantitative estimate of drug-likeness (QED) is 0.512. The molecule has 178 valence electrons. The Balaban J connectivity index is 1.49. The average Bonchev–Trinajstić information content (AvgIpc) is 2.83. The number of halogens is 1. The first-order valence-corrected chi connectivity index (χ1v) is 12.7. The topological polar surface area (TPSA) is 70.2 Å². The molecule has 0 aromatic heterocycles. The van der Waals surface area contributed by atoms with E-state index >= 15 is 0 Å². The van der Waals surface area contributed by atoms with E-state index in [1.54, 1.807) is 59.5 Å². The molecule has 0 bridgehead atoms. The summed E-state index contributed by atoms with van der Waals surface area (Å²) in [5.41, 5.74) is 0.784. The van der Waals surface area contributed by atoms with Crippen LogP contribution in [0.3, 0.4) is 0 Å². The summed E-state index contributed by atoms with van der Waals surface area (Å²) in [5, 5.41) is 0. The van der Waals surface area contributed by atoms with Crippen molar-refractivity contribution < 1.29 is 22.3 Å². The summed E-state index contributed by atoms with van der Waals surface area (Å²) in [6.07, 6.45) is 1.07. The standard InChI is InChI=1S/C25H26FN3O4S/c1-34(31,32)29(23-13-7-8-14-24(23)33-20-9-3-2-4-10-20)19-25(30)28-17-15-27(16-18-28)22-12-6-5-11-21(22)26/h2-14H,15-19H2,1H3. The Hall–Kier alpha value is -3.59. The van der Waals surface area contributed by atoms with Gasteiger partial charge in [-0.3, -0.25) is 9.10 Å². The lowest BCUT2D eigenvalue weighted by molar-refractivity contribution is -0.129. The van der Waals surface area contributed by atoms with E-state index in [-0.39, 0.29) is 24.0 Å². The number of carbonyl (C=O) groups is 1. The van der Waals surface area contributed by atoms with E-state index in [9.17, 15) is 17.6 Å². The summed E-state index contributed by atoms with van der Waals surface area (Å²) >= 11 is 0. The first kappa shape index (κ1) is 23.6. The Kier molecular flexibility index (Phi) is 7.02. The number of hydrogen-bond donors (Lipinski definition) is 0. The van der Waals surface area contributed by atoms with Crippen LogP contribution in [0.4, 0.5) is 15.8 Å². The summed E-state index contributed by atoms with van der Waals surface area (Å²) in [6, 6.07) is 22.3. The predicted molar refractivity (Wildman–Crippen MR) is 130 cm³/mol. The van der Waals surface area contributed by atoms with Crippen LogP contribution in [-0.4, -0.2) is 58.2 Å². The van der Waals surface area contributed by atoms with Gasteiger partial charge in [-0.05, 0) is 36.4 Å². The lowest BCUT2D eigenvalue weighted by Crippen LogP contribution is -2.52. The number of rotatable bonds is 7. The van der Waals surface area contributed by atoms with Crippen molar-refractivity contribution in [3.05, 3.63) is 84.7 Å². The van der Waals surface area contributed by atoms with E-state index in [2.05, 4.69) is 0 Å². The van der Waals surface area contributed by atoms with Gasteiger partial charge >= 0.3 is 0 Å². The van der Waals surface area contributed by atoms with Crippen LogP contribution in [0.15, 0.2) is 78.9 Å².